The van der Waals surface area contributed by atoms with Crippen LogP contribution in [0.5, 0.6) is 5.75 Å². The topological polar surface area (TPSA) is 85.4 Å². The van der Waals surface area contributed by atoms with Crippen LogP contribution in [-0.2, 0) is 9.53 Å². The standard InChI is InChI=1S/C25H24N4O3/c1-26-24-22-12-27-23(29-25(30)18-6-7-18)10-21(22)19(11-28-24)5-2-16-3-8-20(9-4-16)32-15-17-13-31-14-17/h3-4,8-12,17-18H,6-7,13-15H2,1H3,(H,26,28)(H,27,29,30). The minimum atomic E-state index is 0.0273. The van der Waals surface area contributed by atoms with Crippen molar-refractivity contribution in [2.24, 2.45) is 11.8 Å². The van der Waals surface area contributed by atoms with Gasteiger partial charge in [0.2, 0.25) is 5.91 Å². The summed E-state index contributed by atoms with van der Waals surface area (Å²) in [4.78, 5) is 21.0. The van der Waals surface area contributed by atoms with Gasteiger partial charge in [-0.05, 0) is 43.2 Å². The van der Waals surface area contributed by atoms with Gasteiger partial charge < -0.3 is 20.1 Å². The molecule has 1 amide bonds. The Kier molecular flexibility index (Phi) is 5.61. The molecular formula is C25H24N4O3. The van der Waals surface area contributed by atoms with E-state index in [0.717, 1.165) is 59.5 Å². The van der Waals surface area contributed by atoms with Crippen LogP contribution in [0.15, 0.2) is 42.7 Å². The molecule has 3 aromatic rings. The van der Waals surface area contributed by atoms with Crippen molar-refractivity contribution >= 4 is 28.3 Å². The minimum absolute atomic E-state index is 0.0273. The summed E-state index contributed by atoms with van der Waals surface area (Å²) in [6.07, 6.45) is 5.36. The fourth-order valence-electron chi connectivity index (χ4n) is 3.44. The Labute approximate surface area is 186 Å². The van der Waals surface area contributed by atoms with Crippen molar-refractivity contribution in [2.75, 3.05) is 37.5 Å². The highest BCUT2D eigenvalue weighted by atomic mass is 16.5. The van der Waals surface area contributed by atoms with Gasteiger partial charge >= 0.3 is 0 Å². The third kappa shape index (κ3) is 4.51. The van der Waals surface area contributed by atoms with Gasteiger partial charge in [0, 0.05) is 47.6 Å². The molecule has 0 radical (unpaired) electrons. The molecule has 1 aliphatic heterocycles. The van der Waals surface area contributed by atoms with Crippen LogP contribution in [-0.4, -0.2) is 42.7 Å². The van der Waals surface area contributed by atoms with E-state index < -0.39 is 0 Å². The lowest BCUT2D eigenvalue weighted by Gasteiger charge is -2.25. The molecule has 5 rings (SSSR count). The van der Waals surface area contributed by atoms with E-state index in [2.05, 4.69) is 32.4 Å². The van der Waals surface area contributed by atoms with Crippen molar-refractivity contribution < 1.29 is 14.3 Å². The molecule has 32 heavy (non-hydrogen) atoms. The summed E-state index contributed by atoms with van der Waals surface area (Å²) >= 11 is 0. The molecule has 2 N–H and O–H groups in total. The van der Waals surface area contributed by atoms with Gasteiger partial charge in [0.1, 0.15) is 17.4 Å². The van der Waals surface area contributed by atoms with E-state index >= 15 is 0 Å². The number of carbonyl (C=O) groups is 1. The number of amides is 1. The smallest absolute Gasteiger partial charge is 0.228 e. The van der Waals surface area contributed by atoms with Gasteiger partial charge in [0.25, 0.3) is 0 Å². The zero-order valence-corrected chi connectivity index (χ0v) is 17.9. The normalized spacial score (nSPS) is 15.4. The van der Waals surface area contributed by atoms with E-state index in [-0.39, 0.29) is 11.8 Å². The number of nitrogens with one attached hydrogen (secondary N) is 2. The molecule has 1 saturated heterocycles. The van der Waals surface area contributed by atoms with E-state index in [4.69, 9.17) is 9.47 Å². The van der Waals surface area contributed by atoms with Gasteiger partial charge in [-0.1, -0.05) is 11.8 Å². The first kappa shape index (κ1) is 20.3. The van der Waals surface area contributed by atoms with Crippen molar-refractivity contribution in [1.29, 1.82) is 0 Å². The highest BCUT2D eigenvalue weighted by Gasteiger charge is 2.29. The molecule has 3 heterocycles. The fraction of sp³-hybridized carbons (Fsp3) is 0.320. The first-order chi connectivity index (χ1) is 15.7. The number of hydrogen-bond acceptors (Lipinski definition) is 6. The average Bonchev–Trinajstić information content (AvgIpc) is 3.63. The second-order valence-corrected chi connectivity index (χ2v) is 8.14. The second kappa shape index (κ2) is 8.85. The van der Waals surface area contributed by atoms with Crippen LogP contribution < -0.4 is 15.4 Å². The number of nitrogens with zero attached hydrogens (tertiary/aromatic N) is 2. The zero-order chi connectivity index (χ0) is 21.9. The van der Waals surface area contributed by atoms with Crippen molar-refractivity contribution in [1.82, 2.24) is 9.97 Å². The van der Waals surface area contributed by atoms with Crippen LogP contribution in [0.25, 0.3) is 10.8 Å². The Balaban J connectivity index is 1.38. The van der Waals surface area contributed by atoms with Crippen LogP contribution in [0.2, 0.25) is 0 Å². The summed E-state index contributed by atoms with van der Waals surface area (Å²) in [6.45, 7) is 2.23. The number of aromatic nitrogens is 2. The Morgan fingerprint density at radius 2 is 1.94 bits per heavy atom. The molecule has 0 unspecified atom stereocenters. The average molecular weight is 428 g/mol. The Hall–Kier alpha value is -3.63. The van der Waals surface area contributed by atoms with Crippen LogP contribution in [0.1, 0.15) is 24.0 Å². The molecule has 0 spiro atoms. The van der Waals surface area contributed by atoms with E-state index in [1.54, 1.807) is 12.4 Å². The first-order valence-corrected chi connectivity index (χ1v) is 10.8. The van der Waals surface area contributed by atoms with E-state index in [1.165, 1.54) is 0 Å². The van der Waals surface area contributed by atoms with Crippen LogP contribution in [0, 0.1) is 23.7 Å². The zero-order valence-electron chi connectivity index (χ0n) is 17.9. The molecule has 2 fully saturated rings. The number of anilines is 2. The fourth-order valence-corrected chi connectivity index (χ4v) is 3.44. The molecule has 2 aromatic heterocycles. The quantitative estimate of drug-likeness (QED) is 0.585. The predicted octanol–water partition coefficient (Wildman–Crippen LogP) is 3.45. The number of carbonyl (C=O) groups excluding carboxylic acids is 1. The highest BCUT2D eigenvalue weighted by Crippen LogP contribution is 2.31. The summed E-state index contributed by atoms with van der Waals surface area (Å²) < 4.78 is 11.0. The molecular weight excluding hydrogens is 404 g/mol. The summed E-state index contributed by atoms with van der Waals surface area (Å²) in [5, 5.41) is 7.74. The summed E-state index contributed by atoms with van der Waals surface area (Å²) in [7, 11) is 1.82. The lowest BCUT2D eigenvalue weighted by Crippen LogP contribution is -2.32. The maximum atomic E-state index is 12.1. The molecule has 162 valence electrons. The molecule has 0 atom stereocenters. The molecule has 1 aromatic carbocycles. The maximum Gasteiger partial charge on any atom is 0.228 e. The van der Waals surface area contributed by atoms with Gasteiger partial charge in [-0.15, -0.1) is 0 Å². The van der Waals surface area contributed by atoms with Crippen molar-refractivity contribution in [3.8, 4) is 17.6 Å². The number of pyridine rings is 2. The highest BCUT2D eigenvalue weighted by molar-refractivity contribution is 5.99. The van der Waals surface area contributed by atoms with Crippen LogP contribution in [0.3, 0.4) is 0 Å². The molecule has 1 aliphatic carbocycles. The Morgan fingerprint density at radius 1 is 1.12 bits per heavy atom. The SMILES string of the molecule is CNc1ncc(C#Cc2ccc(OCC3COC3)cc2)c2cc(NC(=O)C3CC3)ncc12. The molecule has 7 nitrogen and oxygen atoms in total. The van der Waals surface area contributed by atoms with E-state index in [1.807, 2.05) is 37.4 Å². The largest absolute Gasteiger partial charge is 0.493 e. The monoisotopic (exact) mass is 428 g/mol. The van der Waals surface area contributed by atoms with Gasteiger partial charge in [0.05, 0.1) is 25.4 Å². The number of hydrogen-bond donors (Lipinski definition) is 2. The molecule has 1 saturated carbocycles. The lowest BCUT2D eigenvalue weighted by atomic mass is 10.1. The summed E-state index contributed by atoms with van der Waals surface area (Å²) in [6, 6.07) is 9.61. The number of benzene rings is 1. The minimum Gasteiger partial charge on any atom is -0.493 e. The maximum absolute atomic E-state index is 12.1. The molecule has 7 heteroatoms. The third-order valence-corrected chi connectivity index (χ3v) is 5.60. The predicted molar refractivity (Wildman–Crippen MR) is 123 cm³/mol. The molecule has 0 bridgehead atoms. The Bertz CT molecular complexity index is 1210. The summed E-state index contributed by atoms with van der Waals surface area (Å²) in [5.41, 5.74) is 1.65. The van der Waals surface area contributed by atoms with Crippen molar-refractivity contribution in [3.05, 3.63) is 53.9 Å². The van der Waals surface area contributed by atoms with Gasteiger partial charge in [0.15, 0.2) is 0 Å². The number of rotatable bonds is 6. The van der Waals surface area contributed by atoms with Crippen LogP contribution >= 0.6 is 0 Å². The van der Waals surface area contributed by atoms with Gasteiger partial charge in [-0.2, -0.15) is 0 Å². The second-order valence-electron chi connectivity index (χ2n) is 8.14. The van der Waals surface area contributed by atoms with Crippen LogP contribution in [0.4, 0.5) is 11.6 Å². The number of ether oxygens (including phenoxy) is 2. The molecule has 2 aliphatic rings. The first-order valence-electron chi connectivity index (χ1n) is 10.8. The lowest BCUT2D eigenvalue weighted by molar-refractivity contribution is -0.117. The summed E-state index contributed by atoms with van der Waals surface area (Å²) in [5.74, 6) is 9.13. The Morgan fingerprint density at radius 3 is 2.62 bits per heavy atom. The van der Waals surface area contributed by atoms with E-state index in [9.17, 15) is 4.79 Å². The third-order valence-electron chi connectivity index (χ3n) is 5.60. The van der Waals surface area contributed by atoms with Gasteiger partial charge in [-0.25, -0.2) is 9.97 Å². The number of fused-ring (bicyclic) bond motifs is 1. The van der Waals surface area contributed by atoms with Crippen molar-refractivity contribution in [2.45, 2.75) is 12.8 Å². The van der Waals surface area contributed by atoms with Crippen molar-refractivity contribution in [3.63, 3.8) is 0 Å². The van der Waals surface area contributed by atoms with Gasteiger partial charge in [-0.3, -0.25) is 4.79 Å². The van der Waals surface area contributed by atoms with E-state index in [0.29, 0.717) is 18.3 Å².